The zero-order chi connectivity index (χ0) is 20.0. The molecule has 0 radical (unpaired) electrons. The summed E-state index contributed by atoms with van der Waals surface area (Å²) in [6.07, 6.45) is 2.32. The van der Waals surface area contributed by atoms with Crippen molar-refractivity contribution >= 4 is 17.1 Å². The van der Waals surface area contributed by atoms with Crippen LogP contribution in [0, 0.1) is 12.8 Å². The third-order valence-corrected chi connectivity index (χ3v) is 5.74. The van der Waals surface area contributed by atoms with Crippen molar-refractivity contribution in [3.63, 3.8) is 0 Å². The number of hydrogen-bond acceptors (Lipinski definition) is 4. The molecule has 1 aliphatic rings. The highest BCUT2D eigenvalue weighted by Gasteiger charge is 2.24. The quantitative estimate of drug-likeness (QED) is 0.696. The highest BCUT2D eigenvalue weighted by molar-refractivity contribution is 5.74. The zero-order valence-corrected chi connectivity index (χ0v) is 17.0. The maximum absolute atomic E-state index is 13.2. The Bertz CT molecular complexity index is 1140. The summed E-state index contributed by atoms with van der Waals surface area (Å²) in [5, 5.41) is 0. The van der Waals surface area contributed by atoms with Gasteiger partial charge in [0.15, 0.2) is 11.2 Å². The smallest absolute Gasteiger partial charge is 0.332 e. The minimum atomic E-state index is -0.338. The molecule has 1 saturated heterocycles. The Morgan fingerprint density at radius 3 is 2.50 bits per heavy atom. The van der Waals surface area contributed by atoms with Gasteiger partial charge in [-0.25, -0.2) is 4.79 Å². The van der Waals surface area contributed by atoms with Gasteiger partial charge in [-0.05, 0) is 31.2 Å². The van der Waals surface area contributed by atoms with Crippen molar-refractivity contribution < 1.29 is 0 Å². The molecule has 28 heavy (non-hydrogen) atoms. The van der Waals surface area contributed by atoms with E-state index in [1.165, 1.54) is 15.6 Å². The first kappa shape index (κ1) is 18.5. The molecule has 0 bridgehead atoms. The van der Waals surface area contributed by atoms with Crippen LogP contribution in [0.4, 0.5) is 5.95 Å². The van der Waals surface area contributed by atoms with Crippen LogP contribution in [0.25, 0.3) is 11.2 Å². The van der Waals surface area contributed by atoms with E-state index < -0.39 is 0 Å². The summed E-state index contributed by atoms with van der Waals surface area (Å²) < 4.78 is 4.64. The molecule has 0 spiro atoms. The number of anilines is 1. The number of benzene rings is 1. The van der Waals surface area contributed by atoms with Crippen molar-refractivity contribution in [2.75, 3.05) is 18.0 Å². The van der Waals surface area contributed by atoms with Crippen LogP contribution >= 0.6 is 0 Å². The minimum Gasteiger partial charge on any atom is -0.342 e. The lowest BCUT2D eigenvalue weighted by molar-refractivity contribution is 0.440. The van der Waals surface area contributed by atoms with E-state index in [4.69, 9.17) is 0 Å². The molecule has 0 amide bonds. The summed E-state index contributed by atoms with van der Waals surface area (Å²) in [4.78, 5) is 33.0. The van der Waals surface area contributed by atoms with Gasteiger partial charge in [0.1, 0.15) is 0 Å². The fourth-order valence-corrected chi connectivity index (χ4v) is 4.10. The van der Waals surface area contributed by atoms with E-state index in [1.807, 2.05) is 42.8 Å². The largest absolute Gasteiger partial charge is 0.342 e. The molecule has 1 atom stereocenters. The van der Waals surface area contributed by atoms with Crippen molar-refractivity contribution in [2.24, 2.45) is 20.0 Å². The average molecular weight is 381 g/mol. The molecular formula is C21H27N5O2. The summed E-state index contributed by atoms with van der Waals surface area (Å²) in [7, 11) is 3.55. The van der Waals surface area contributed by atoms with Crippen LogP contribution in [0.3, 0.4) is 0 Å². The van der Waals surface area contributed by atoms with Crippen molar-refractivity contribution in [3.8, 4) is 0 Å². The van der Waals surface area contributed by atoms with Gasteiger partial charge in [-0.1, -0.05) is 36.8 Å². The Labute approximate surface area is 163 Å². The Morgan fingerprint density at radius 1 is 1.11 bits per heavy atom. The number of rotatable bonds is 3. The fourth-order valence-electron chi connectivity index (χ4n) is 4.10. The van der Waals surface area contributed by atoms with E-state index in [0.717, 1.165) is 36.6 Å². The second-order valence-electron chi connectivity index (χ2n) is 8.05. The number of nitrogens with zero attached hydrogens (tertiary/aromatic N) is 5. The normalized spacial score (nSPS) is 17.4. The summed E-state index contributed by atoms with van der Waals surface area (Å²) >= 11 is 0. The maximum Gasteiger partial charge on any atom is 0.332 e. The Morgan fingerprint density at radius 2 is 1.82 bits per heavy atom. The Hall–Kier alpha value is -2.83. The average Bonchev–Trinajstić information content (AvgIpc) is 3.02. The van der Waals surface area contributed by atoms with Crippen LogP contribution in [0.5, 0.6) is 0 Å². The number of aryl methyl sites for hydroxylation is 3. The molecule has 1 unspecified atom stereocenters. The van der Waals surface area contributed by atoms with Crippen LogP contribution in [-0.4, -0.2) is 31.8 Å². The Kier molecular flexibility index (Phi) is 4.61. The zero-order valence-electron chi connectivity index (χ0n) is 17.0. The number of fused-ring (bicyclic) bond motifs is 1. The van der Waals surface area contributed by atoms with Gasteiger partial charge in [0.05, 0.1) is 6.54 Å². The van der Waals surface area contributed by atoms with Crippen LogP contribution in [0.1, 0.15) is 30.9 Å². The molecule has 1 aromatic carbocycles. The highest BCUT2D eigenvalue weighted by Crippen LogP contribution is 2.24. The van der Waals surface area contributed by atoms with Gasteiger partial charge in [-0.2, -0.15) is 4.98 Å². The number of piperidine rings is 1. The first-order valence-electron chi connectivity index (χ1n) is 9.83. The monoisotopic (exact) mass is 381 g/mol. The topological polar surface area (TPSA) is 65.1 Å². The van der Waals surface area contributed by atoms with Crippen molar-refractivity contribution in [1.29, 1.82) is 0 Å². The second kappa shape index (κ2) is 6.96. The maximum atomic E-state index is 13.2. The van der Waals surface area contributed by atoms with Crippen LogP contribution in [-0.2, 0) is 20.6 Å². The number of hydrogen-bond donors (Lipinski definition) is 0. The molecule has 2 aromatic heterocycles. The summed E-state index contributed by atoms with van der Waals surface area (Å²) in [5.41, 5.74) is 2.37. The molecule has 1 aliphatic heterocycles. The number of imidazole rings is 1. The molecule has 3 heterocycles. The third kappa shape index (κ3) is 3.04. The van der Waals surface area contributed by atoms with E-state index in [-0.39, 0.29) is 17.8 Å². The van der Waals surface area contributed by atoms with E-state index in [1.54, 1.807) is 7.05 Å². The molecule has 0 saturated carbocycles. The van der Waals surface area contributed by atoms with Gasteiger partial charge < -0.3 is 9.47 Å². The Balaban J connectivity index is 1.85. The van der Waals surface area contributed by atoms with E-state index in [0.29, 0.717) is 17.1 Å². The van der Waals surface area contributed by atoms with Gasteiger partial charge >= 0.3 is 5.69 Å². The molecule has 1 fully saturated rings. The minimum absolute atomic E-state index is 0.253. The van der Waals surface area contributed by atoms with Crippen LogP contribution in [0.15, 0.2) is 33.9 Å². The summed E-state index contributed by atoms with van der Waals surface area (Å²) in [6, 6.07) is 7.89. The van der Waals surface area contributed by atoms with Gasteiger partial charge in [0.25, 0.3) is 5.56 Å². The fraction of sp³-hybridized carbons (Fsp3) is 0.476. The van der Waals surface area contributed by atoms with Crippen molar-refractivity contribution in [2.45, 2.75) is 33.2 Å². The lowest BCUT2D eigenvalue weighted by Gasteiger charge is -2.31. The second-order valence-corrected chi connectivity index (χ2v) is 8.05. The molecular weight excluding hydrogens is 354 g/mol. The summed E-state index contributed by atoms with van der Waals surface area (Å²) in [5.74, 6) is 1.36. The van der Waals surface area contributed by atoms with Gasteiger partial charge in [-0.15, -0.1) is 0 Å². The van der Waals surface area contributed by atoms with E-state index in [9.17, 15) is 9.59 Å². The molecule has 148 valence electrons. The molecule has 0 N–H and O–H groups in total. The first-order valence-corrected chi connectivity index (χ1v) is 9.83. The van der Waals surface area contributed by atoms with Gasteiger partial charge in [0.2, 0.25) is 5.95 Å². The summed E-state index contributed by atoms with van der Waals surface area (Å²) in [6.45, 7) is 6.34. The first-order chi connectivity index (χ1) is 13.4. The molecule has 7 nitrogen and oxygen atoms in total. The molecule has 7 heteroatoms. The van der Waals surface area contributed by atoms with Gasteiger partial charge in [0, 0.05) is 27.2 Å². The van der Waals surface area contributed by atoms with Crippen LogP contribution < -0.4 is 16.1 Å². The standard InChI is InChI=1S/C21H27N5O2/c1-14-7-9-16(10-8-14)13-26-19(27)17-18(24(4)21(26)28)22-20(23(17)3)25-11-5-6-15(2)12-25/h7-10,15H,5-6,11-13H2,1-4H3. The third-order valence-electron chi connectivity index (χ3n) is 5.74. The molecule has 4 rings (SSSR count). The van der Waals surface area contributed by atoms with Gasteiger partial charge in [-0.3, -0.25) is 13.9 Å². The number of aromatic nitrogens is 4. The predicted octanol–water partition coefficient (Wildman–Crippen LogP) is 2.03. The SMILES string of the molecule is Cc1ccc(Cn2c(=O)c3c(nc(N4CCCC(C)C4)n3C)n(C)c2=O)cc1. The predicted molar refractivity (Wildman–Crippen MR) is 111 cm³/mol. The molecule has 0 aliphatic carbocycles. The lowest BCUT2D eigenvalue weighted by Crippen LogP contribution is -2.40. The van der Waals surface area contributed by atoms with E-state index in [2.05, 4.69) is 16.8 Å². The van der Waals surface area contributed by atoms with Crippen molar-refractivity contribution in [1.82, 2.24) is 18.7 Å². The highest BCUT2D eigenvalue weighted by atomic mass is 16.2. The van der Waals surface area contributed by atoms with Crippen LogP contribution in [0.2, 0.25) is 0 Å². The van der Waals surface area contributed by atoms with E-state index >= 15 is 0 Å². The molecule has 3 aromatic rings. The lowest BCUT2D eigenvalue weighted by atomic mass is 10.0. The van der Waals surface area contributed by atoms with Crippen molar-refractivity contribution in [3.05, 3.63) is 56.2 Å².